The van der Waals surface area contributed by atoms with Gasteiger partial charge in [0.2, 0.25) is 17.6 Å². The summed E-state index contributed by atoms with van der Waals surface area (Å²) in [6.07, 6.45) is 18.7. The Kier molecular flexibility index (Phi) is 18.1. The molecule has 4 fully saturated rings. The van der Waals surface area contributed by atoms with E-state index in [1.54, 1.807) is 0 Å². The molecule has 6 aliphatic rings. The van der Waals surface area contributed by atoms with E-state index in [0.717, 1.165) is 163 Å². The van der Waals surface area contributed by atoms with Gasteiger partial charge in [0, 0.05) is 109 Å². The van der Waals surface area contributed by atoms with Crippen LogP contribution in [0.5, 0.6) is 0 Å². The zero-order valence-corrected chi connectivity index (χ0v) is 48.9. The first-order chi connectivity index (χ1) is 34.6. The molecule has 384 valence electrons. The lowest BCUT2D eigenvalue weighted by atomic mass is 9.76. The number of aryl methyl sites for hydroxylation is 4. The summed E-state index contributed by atoms with van der Waals surface area (Å²) in [6.45, 7) is 4.46. The van der Waals surface area contributed by atoms with Gasteiger partial charge < -0.3 is 20.4 Å². The Morgan fingerprint density at radius 2 is 0.931 bits per heavy atom. The van der Waals surface area contributed by atoms with Gasteiger partial charge in [0.1, 0.15) is 0 Å². The van der Waals surface area contributed by atoms with Crippen molar-refractivity contribution < 1.29 is 19.2 Å². The van der Waals surface area contributed by atoms with Crippen LogP contribution in [0.3, 0.4) is 0 Å². The lowest BCUT2D eigenvalue weighted by Gasteiger charge is -2.39. The number of carbonyl (C=O) groups excluding carboxylic acids is 4. The number of hydrogen-bond donors (Lipinski definition) is 2. The van der Waals surface area contributed by atoms with Gasteiger partial charge in [-0.2, -0.15) is 0 Å². The van der Waals surface area contributed by atoms with Crippen LogP contribution >= 0.6 is 86.9 Å². The third-order valence-electron chi connectivity index (χ3n) is 16.7. The number of Topliss-reactive ketones (excluding diaryl/α,β-unsaturated/α-hetero) is 1. The Hall–Kier alpha value is -2.72. The predicted molar refractivity (Wildman–Crippen MR) is 299 cm³/mol. The van der Waals surface area contributed by atoms with Crippen molar-refractivity contribution in [2.75, 3.05) is 33.2 Å². The molecule has 0 spiro atoms. The number of benzene rings is 2. The maximum Gasteiger partial charge on any atom is 0.287 e. The van der Waals surface area contributed by atoms with E-state index >= 15 is 0 Å². The fourth-order valence-corrected chi connectivity index (χ4v) is 15.9. The smallest absolute Gasteiger partial charge is 0.287 e. The zero-order valence-electron chi connectivity index (χ0n) is 41.1. The molecule has 4 heterocycles. The number of likely N-dealkylation sites (tertiary alicyclic amines) is 2. The predicted octanol–water partition coefficient (Wildman–Crippen LogP) is 12.5. The van der Waals surface area contributed by atoms with Gasteiger partial charge >= 0.3 is 0 Å². The number of pyridine rings is 2. The van der Waals surface area contributed by atoms with Crippen LogP contribution in [0.4, 0.5) is 0 Å². The summed E-state index contributed by atoms with van der Waals surface area (Å²) in [5.74, 6) is 1.00. The number of nitrogens with one attached hydrogen (secondary N) is 2. The molecule has 0 bridgehead atoms. The highest BCUT2D eigenvalue weighted by molar-refractivity contribution is 9.11. The number of fused-ring (bicyclic) bond motifs is 4. The number of hydrogen-bond acceptors (Lipinski definition) is 7. The first kappa shape index (κ1) is 54.1. The van der Waals surface area contributed by atoms with Gasteiger partial charge in [-0.3, -0.25) is 29.1 Å². The van der Waals surface area contributed by atoms with E-state index in [2.05, 4.69) is 104 Å². The molecule has 2 aliphatic heterocycles. The Balaban J connectivity index is 0.000000179. The fourth-order valence-electron chi connectivity index (χ4n) is 12.9. The number of halogens is 6. The second kappa shape index (κ2) is 24.1. The minimum Gasteiger partial charge on any atom is -0.347 e. The van der Waals surface area contributed by atoms with Gasteiger partial charge in [-0.25, -0.2) is 0 Å². The van der Waals surface area contributed by atoms with Gasteiger partial charge in [0.15, 0.2) is 0 Å². The molecule has 72 heavy (non-hydrogen) atoms. The van der Waals surface area contributed by atoms with E-state index in [1.165, 1.54) is 46.0 Å². The van der Waals surface area contributed by atoms with Gasteiger partial charge in [-0.05, 0) is 223 Å². The van der Waals surface area contributed by atoms with Gasteiger partial charge in [0.05, 0.1) is 11.4 Å². The summed E-state index contributed by atoms with van der Waals surface area (Å²) in [4.78, 5) is 63.7. The Morgan fingerprint density at radius 1 is 0.542 bits per heavy atom. The molecule has 2 aromatic heterocycles. The monoisotopic (exact) mass is 1270 g/mol. The summed E-state index contributed by atoms with van der Waals surface area (Å²) in [7, 11) is 2.03. The number of nitrogens with zero attached hydrogens (tertiary/aromatic N) is 4. The molecule has 0 radical (unpaired) electrons. The quantitative estimate of drug-likeness (QED) is 0.177. The minimum atomic E-state index is -0.528. The standard InChI is InChI=1S/C29H32Br2ClN3O3.C27H32Br2ClN3O/c1-16(36)28(37)34-23-6-4-18(5-7-23)29(38)35-10-8-17(9-11-35)26-25-19(13-22(32)14-24(25)31)2-3-20-12-21(30)15-33-27(20)26;1-31-22-6-4-17(5-7-22)27(34)33-10-8-16(9-11-33)25-24-18(13-21(30)14-23(24)29)2-3-19-12-20(28)15-32-26(19)25/h12-15,17-18,23,26H,2-11H2,1H3,(H,34,37);12-17,22,25,31H,2-11H2,1H3/t18?,23?,26-;17?,22?,25-/m11/s1. The van der Waals surface area contributed by atoms with E-state index in [1.807, 2.05) is 36.5 Å². The SMILES string of the molecule is CC(=O)C(=O)NC1CCC(C(=O)N2CCC([C@H]3c4ncc(Br)cc4CCc4cc(Cl)cc(Br)c43)CC2)CC1.CNC1CCC(C(=O)N2CCC([C@H]3c4ncc(Br)cc4CCc4cc(Cl)cc(Br)c43)CC2)CC1. The van der Waals surface area contributed by atoms with Crippen LogP contribution in [0, 0.1) is 23.7 Å². The molecule has 16 heteroatoms. The first-order valence-corrected chi connectivity index (χ1v) is 29.9. The maximum atomic E-state index is 13.4. The van der Waals surface area contributed by atoms with Crippen LogP contribution in [-0.4, -0.2) is 88.6 Å². The number of amides is 3. The summed E-state index contributed by atoms with van der Waals surface area (Å²) in [5.41, 5.74) is 10.2. The molecule has 2 saturated carbocycles. The normalized spacial score (nSPS) is 24.5. The summed E-state index contributed by atoms with van der Waals surface area (Å²) in [6, 6.07) is 13.2. The van der Waals surface area contributed by atoms with Gasteiger partial charge in [0.25, 0.3) is 5.91 Å². The van der Waals surface area contributed by atoms with Crippen molar-refractivity contribution in [1.82, 2.24) is 30.4 Å². The molecule has 10 rings (SSSR count). The van der Waals surface area contributed by atoms with Crippen molar-refractivity contribution >= 4 is 110 Å². The van der Waals surface area contributed by atoms with Gasteiger partial charge in [-0.1, -0.05) is 55.1 Å². The average Bonchev–Trinajstić information content (AvgIpc) is 3.64. The molecule has 2 N–H and O–H groups in total. The van der Waals surface area contributed by atoms with Crippen LogP contribution in [0.15, 0.2) is 66.7 Å². The van der Waals surface area contributed by atoms with Crippen LogP contribution in [0.1, 0.15) is 141 Å². The second-order valence-corrected chi connectivity index (χ2v) is 25.4. The summed E-state index contributed by atoms with van der Waals surface area (Å²) < 4.78 is 4.14. The first-order valence-electron chi connectivity index (χ1n) is 26.0. The molecule has 4 aliphatic carbocycles. The molecular weight excluding hydrogens is 1210 g/mol. The molecule has 10 nitrogen and oxygen atoms in total. The summed E-state index contributed by atoms with van der Waals surface area (Å²) >= 11 is 27.8. The van der Waals surface area contributed by atoms with Crippen LogP contribution in [0.25, 0.3) is 0 Å². The molecule has 2 atom stereocenters. The van der Waals surface area contributed by atoms with Crippen LogP contribution in [0.2, 0.25) is 10.0 Å². The van der Waals surface area contributed by atoms with E-state index in [9.17, 15) is 19.2 Å². The molecule has 0 unspecified atom stereocenters. The van der Waals surface area contributed by atoms with Crippen molar-refractivity contribution in [2.24, 2.45) is 23.7 Å². The van der Waals surface area contributed by atoms with Crippen LogP contribution < -0.4 is 10.6 Å². The number of aromatic nitrogens is 2. The van der Waals surface area contributed by atoms with Gasteiger partial charge in [-0.15, -0.1) is 0 Å². The van der Waals surface area contributed by atoms with Crippen molar-refractivity contribution in [3.05, 3.63) is 121 Å². The highest BCUT2D eigenvalue weighted by atomic mass is 79.9. The number of ketones is 1. The summed E-state index contributed by atoms with van der Waals surface area (Å²) in [5, 5.41) is 7.69. The van der Waals surface area contributed by atoms with Crippen molar-refractivity contribution in [1.29, 1.82) is 0 Å². The lowest BCUT2D eigenvalue weighted by Crippen LogP contribution is -2.46. The molecule has 4 aromatic rings. The van der Waals surface area contributed by atoms with Crippen molar-refractivity contribution in [2.45, 2.75) is 134 Å². The highest BCUT2D eigenvalue weighted by Crippen LogP contribution is 2.48. The third-order valence-corrected chi connectivity index (χ3v) is 19.3. The lowest BCUT2D eigenvalue weighted by molar-refractivity contribution is -0.139. The Morgan fingerprint density at radius 3 is 1.32 bits per heavy atom. The molecule has 2 saturated heterocycles. The Labute approximate surface area is 468 Å². The topological polar surface area (TPSA) is 125 Å². The number of rotatable bonds is 7. The average molecular weight is 1280 g/mol. The van der Waals surface area contributed by atoms with Crippen LogP contribution in [-0.2, 0) is 44.9 Å². The fraction of sp³-hybridized carbons (Fsp3) is 0.536. The molecular formula is C56H64Br4Cl2N6O4. The second-order valence-electron chi connectivity index (χ2n) is 21.0. The number of carbonyl (C=O) groups is 4. The van der Waals surface area contributed by atoms with E-state index in [0.29, 0.717) is 23.8 Å². The molecule has 2 aromatic carbocycles. The minimum absolute atomic E-state index is 0.00772. The van der Waals surface area contributed by atoms with E-state index in [4.69, 9.17) is 33.2 Å². The van der Waals surface area contributed by atoms with E-state index in [-0.39, 0.29) is 35.6 Å². The zero-order chi connectivity index (χ0) is 50.8. The van der Waals surface area contributed by atoms with E-state index < -0.39 is 11.7 Å². The Bertz CT molecular complexity index is 2680. The molecule has 3 amide bonds. The largest absolute Gasteiger partial charge is 0.347 e. The number of piperidine rings is 2. The van der Waals surface area contributed by atoms with Crippen molar-refractivity contribution in [3.63, 3.8) is 0 Å². The maximum absolute atomic E-state index is 13.4. The third kappa shape index (κ3) is 12.3. The van der Waals surface area contributed by atoms with Crippen molar-refractivity contribution in [3.8, 4) is 0 Å². The highest BCUT2D eigenvalue weighted by Gasteiger charge is 2.40.